The third-order valence-electron chi connectivity index (χ3n) is 2.54. The van der Waals surface area contributed by atoms with Crippen molar-refractivity contribution in [1.82, 2.24) is 0 Å². The molecule has 1 unspecified atom stereocenters. The zero-order valence-electron chi connectivity index (χ0n) is 9.91. The normalized spacial score (nSPS) is 19.4. The van der Waals surface area contributed by atoms with E-state index in [1.54, 1.807) is 6.92 Å². The lowest BCUT2D eigenvalue weighted by atomic mass is 9.95. The predicted octanol–water partition coefficient (Wildman–Crippen LogP) is 2.48. The van der Waals surface area contributed by atoms with Gasteiger partial charge in [0.2, 0.25) is 0 Å². The molecule has 0 spiro atoms. The lowest BCUT2D eigenvalue weighted by Gasteiger charge is -2.17. The summed E-state index contributed by atoms with van der Waals surface area (Å²) in [5.41, 5.74) is 0.428. The Morgan fingerprint density at radius 3 is 2.88 bits per heavy atom. The van der Waals surface area contributed by atoms with Crippen molar-refractivity contribution in [3.8, 4) is 0 Å². The SMILES string of the molecule is C=C(C)C(=O)OCCOCC1CC=CCC1. The number of hydrogen-bond donors (Lipinski definition) is 0. The van der Waals surface area contributed by atoms with E-state index in [4.69, 9.17) is 9.47 Å². The summed E-state index contributed by atoms with van der Waals surface area (Å²) in [7, 11) is 0. The molecule has 1 rings (SSSR count). The van der Waals surface area contributed by atoms with Crippen LogP contribution < -0.4 is 0 Å². The number of carbonyl (C=O) groups is 1. The van der Waals surface area contributed by atoms with Crippen molar-refractivity contribution in [2.24, 2.45) is 5.92 Å². The molecule has 90 valence electrons. The van der Waals surface area contributed by atoms with Gasteiger partial charge >= 0.3 is 5.97 Å². The molecule has 1 atom stereocenters. The third kappa shape index (κ3) is 5.12. The van der Waals surface area contributed by atoms with Crippen LogP contribution in [0.25, 0.3) is 0 Å². The van der Waals surface area contributed by atoms with E-state index >= 15 is 0 Å². The van der Waals surface area contributed by atoms with Crippen molar-refractivity contribution < 1.29 is 14.3 Å². The van der Waals surface area contributed by atoms with E-state index in [2.05, 4.69) is 18.7 Å². The molecule has 0 aromatic rings. The molecular formula is C13H20O3. The van der Waals surface area contributed by atoms with Crippen LogP contribution in [0.2, 0.25) is 0 Å². The molecule has 0 aromatic carbocycles. The highest BCUT2D eigenvalue weighted by Gasteiger charge is 2.09. The van der Waals surface area contributed by atoms with Crippen molar-refractivity contribution in [2.75, 3.05) is 19.8 Å². The van der Waals surface area contributed by atoms with Crippen LogP contribution in [0.4, 0.5) is 0 Å². The molecule has 0 fully saturated rings. The molecule has 0 radical (unpaired) electrons. The van der Waals surface area contributed by atoms with E-state index < -0.39 is 0 Å². The second-order valence-corrected chi connectivity index (χ2v) is 4.14. The lowest BCUT2D eigenvalue weighted by molar-refractivity contribution is -0.140. The van der Waals surface area contributed by atoms with E-state index in [0.717, 1.165) is 19.4 Å². The van der Waals surface area contributed by atoms with E-state index in [1.165, 1.54) is 6.42 Å². The summed E-state index contributed by atoms with van der Waals surface area (Å²) in [6, 6.07) is 0. The zero-order valence-corrected chi connectivity index (χ0v) is 9.91. The first kappa shape index (κ1) is 13.0. The standard InChI is InChI=1S/C13H20O3/c1-11(2)13(14)16-9-8-15-10-12-6-4-3-5-7-12/h3-4,12H,1,5-10H2,2H3. The molecule has 1 aliphatic rings. The largest absolute Gasteiger partial charge is 0.460 e. The Bertz CT molecular complexity index is 268. The highest BCUT2D eigenvalue weighted by atomic mass is 16.6. The van der Waals surface area contributed by atoms with E-state index in [-0.39, 0.29) is 5.97 Å². The molecule has 0 saturated carbocycles. The van der Waals surface area contributed by atoms with Crippen LogP contribution in [0.3, 0.4) is 0 Å². The van der Waals surface area contributed by atoms with Crippen molar-refractivity contribution in [3.05, 3.63) is 24.3 Å². The minimum atomic E-state index is -0.343. The van der Waals surface area contributed by atoms with E-state index in [9.17, 15) is 4.79 Å². The molecule has 0 aliphatic heterocycles. The molecule has 0 N–H and O–H groups in total. The van der Waals surface area contributed by atoms with Gasteiger partial charge in [-0.2, -0.15) is 0 Å². The van der Waals surface area contributed by atoms with Crippen molar-refractivity contribution >= 4 is 5.97 Å². The first-order valence-corrected chi connectivity index (χ1v) is 5.75. The highest BCUT2D eigenvalue weighted by Crippen LogP contribution is 2.17. The molecule has 0 bridgehead atoms. The number of esters is 1. The Morgan fingerprint density at radius 1 is 1.44 bits per heavy atom. The summed E-state index contributed by atoms with van der Waals surface area (Å²) < 4.78 is 10.4. The van der Waals surface area contributed by atoms with Gasteiger partial charge in [-0.1, -0.05) is 18.7 Å². The maximum Gasteiger partial charge on any atom is 0.333 e. The maximum atomic E-state index is 11.0. The number of rotatable bonds is 6. The Kier molecular flexibility index (Phi) is 5.86. The Labute approximate surface area is 97.1 Å². The molecule has 16 heavy (non-hydrogen) atoms. The molecule has 1 aliphatic carbocycles. The highest BCUT2D eigenvalue weighted by molar-refractivity contribution is 5.86. The average molecular weight is 224 g/mol. The summed E-state index contributed by atoms with van der Waals surface area (Å²) in [5.74, 6) is 0.283. The second kappa shape index (κ2) is 7.23. The summed E-state index contributed by atoms with van der Waals surface area (Å²) in [6.07, 6.45) is 7.87. The van der Waals surface area contributed by atoms with E-state index in [1.807, 2.05) is 0 Å². The van der Waals surface area contributed by atoms with Crippen LogP contribution in [0.1, 0.15) is 26.2 Å². The number of carbonyl (C=O) groups excluding carboxylic acids is 1. The fourth-order valence-corrected chi connectivity index (χ4v) is 1.57. The van der Waals surface area contributed by atoms with Gasteiger partial charge in [0.15, 0.2) is 0 Å². The smallest absolute Gasteiger partial charge is 0.333 e. The summed E-state index contributed by atoms with van der Waals surface area (Å²) >= 11 is 0. The van der Waals surface area contributed by atoms with Gasteiger partial charge in [-0.05, 0) is 32.1 Å². The maximum absolute atomic E-state index is 11.0. The van der Waals surface area contributed by atoms with Gasteiger partial charge in [-0.25, -0.2) is 4.79 Å². The topological polar surface area (TPSA) is 35.5 Å². The van der Waals surface area contributed by atoms with Gasteiger partial charge in [-0.15, -0.1) is 0 Å². The fourth-order valence-electron chi connectivity index (χ4n) is 1.57. The molecule has 0 amide bonds. The van der Waals surface area contributed by atoms with Gasteiger partial charge in [0.25, 0.3) is 0 Å². The van der Waals surface area contributed by atoms with Crippen molar-refractivity contribution in [1.29, 1.82) is 0 Å². The summed E-state index contributed by atoms with van der Waals surface area (Å²) in [5, 5.41) is 0. The predicted molar refractivity (Wildman–Crippen MR) is 63.1 cm³/mol. The Balaban J connectivity index is 1.97. The molecule has 0 saturated heterocycles. The van der Waals surface area contributed by atoms with Crippen LogP contribution in [0.15, 0.2) is 24.3 Å². The fraction of sp³-hybridized carbons (Fsp3) is 0.615. The summed E-state index contributed by atoms with van der Waals surface area (Å²) in [4.78, 5) is 11.0. The average Bonchev–Trinajstić information content (AvgIpc) is 2.29. The van der Waals surface area contributed by atoms with Crippen LogP contribution in [0.5, 0.6) is 0 Å². The minimum Gasteiger partial charge on any atom is -0.460 e. The van der Waals surface area contributed by atoms with E-state index in [0.29, 0.717) is 24.7 Å². The van der Waals surface area contributed by atoms with Crippen molar-refractivity contribution in [3.63, 3.8) is 0 Å². The van der Waals surface area contributed by atoms with Crippen LogP contribution >= 0.6 is 0 Å². The minimum absolute atomic E-state index is 0.314. The third-order valence-corrected chi connectivity index (χ3v) is 2.54. The number of hydrogen-bond acceptors (Lipinski definition) is 3. The molecule has 0 heterocycles. The quantitative estimate of drug-likeness (QED) is 0.301. The van der Waals surface area contributed by atoms with Gasteiger partial charge in [0.1, 0.15) is 6.61 Å². The molecular weight excluding hydrogens is 204 g/mol. The number of ether oxygens (including phenoxy) is 2. The molecule has 3 nitrogen and oxygen atoms in total. The molecule has 3 heteroatoms. The first-order chi connectivity index (χ1) is 7.70. The first-order valence-electron chi connectivity index (χ1n) is 5.75. The lowest BCUT2D eigenvalue weighted by Crippen LogP contribution is -2.15. The monoisotopic (exact) mass is 224 g/mol. The Morgan fingerprint density at radius 2 is 2.25 bits per heavy atom. The van der Waals surface area contributed by atoms with Crippen molar-refractivity contribution in [2.45, 2.75) is 26.2 Å². The van der Waals surface area contributed by atoms with Gasteiger partial charge in [0, 0.05) is 12.2 Å². The second-order valence-electron chi connectivity index (χ2n) is 4.14. The van der Waals surface area contributed by atoms with Gasteiger partial charge < -0.3 is 9.47 Å². The van der Waals surface area contributed by atoms with Gasteiger partial charge in [0.05, 0.1) is 6.61 Å². The number of allylic oxidation sites excluding steroid dienone is 2. The van der Waals surface area contributed by atoms with Crippen LogP contribution in [-0.4, -0.2) is 25.8 Å². The zero-order chi connectivity index (χ0) is 11.8. The molecule has 0 aromatic heterocycles. The van der Waals surface area contributed by atoms with Crippen LogP contribution in [-0.2, 0) is 14.3 Å². The van der Waals surface area contributed by atoms with Gasteiger partial charge in [-0.3, -0.25) is 0 Å². The Hall–Kier alpha value is -1.09. The summed E-state index contributed by atoms with van der Waals surface area (Å²) in [6.45, 7) is 6.68. The van der Waals surface area contributed by atoms with Crippen LogP contribution in [0, 0.1) is 5.92 Å².